The number of hydrogen-bond donors (Lipinski definition) is 8. The molecule has 2 rings (SSSR count). The van der Waals surface area contributed by atoms with Crippen LogP contribution >= 0.6 is 0 Å². The van der Waals surface area contributed by atoms with Crippen LogP contribution in [0.5, 0.6) is 5.75 Å². The molecule has 220 valence electrons. The molecule has 2 aromatic rings. The predicted molar refractivity (Wildman–Crippen MR) is 144 cm³/mol. The Kier molecular flexibility index (Phi) is 12.2. The van der Waals surface area contributed by atoms with Crippen molar-refractivity contribution >= 4 is 35.6 Å². The van der Waals surface area contributed by atoms with Gasteiger partial charge in [-0.05, 0) is 36.1 Å². The van der Waals surface area contributed by atoms with Crippen LogP contribution in [-0.4, -0.2) is 75.1 Å². The fraction of sp³-hybridized carbons (Fsp3) is 0.333. The quantitative estimate of drug-likeness (QED) is 0.119. The van der Waals surface area contributed by atoms with Crippen LogP contribution in [0.15, 0.2) is 54.6 Å². The Bertz CT molecular complexity index is 1240. The van der Waals surface area contributed by atoms with E-state index in [9.17, 15) is 39.0 Å². The lowest BCUT2D eigenvalue weighted by Crippen LogP contribution is -2.58. The fourth-order valence-electron chi connectivity index (χ4n) is 3.80. The van der Waals surface area contributed by atoms with Crippen LogP contribution in [0.3, 0.4) is 0 Å². The van der Waals surface area contributed by atoms with Gasteiger partial charge in [0.15, 0.2) is 0 Å². The van der Waals surface area contributed by atoms with Crippen LogP contribution in [0.25, 0.3) is 0 Å². The highest BCUT2D eigenvalue weighted by atomic mass is 16.4. The molecule has 0 fully saturated rings. The Balaban J connectivity index is 2.15. The Labute approximate surface area is 235 Å². The molecule has 0 aliphatic carbocycles. The van der Waals surface area contributed by atoms with Gasteiger partial charge in [-0.2, -0.15) is 0 Å². The van der Waals surface area contributed by atoms with Gasteiger partial charge >= 0.3 is 11.9 Å². The molecule has 14 heteroatoms. The van der Waals surface area contributed by atoms with E-state index in [-0.39, 0.29) is 25.0 Å². The van der Waals surface area contributed by atoms with Gasteiger partial charge in [0.25, 0.3) is 0 Å². The highest BCUT2D eigenvalue weighted by Crippen LogP contribution is 2.11. The van der Waals surface area contributed by atoms with Crippen molar-refractivity contribution in [3.63, 3.8) is 0 Å². The zero-order valence-electron chi connectivity index (χ0n) is 22.0. The number of phenolic OH excluding ortho intramolecular Hbond substituents is 1. The lowest BCUT2D eigenvalue weighted by molar-refractivity contribution is -0.142. The minimum absolute atomic E-state index is 0.0153. The summed E-state index contributed by atoms with van der Waals surface area (Å²) < 4.78 is 0. The Morgan fingerprint density at radius 1 is 0.707 bits per heavy atom. The molecule has 0 heterocycles. The number of carboxylic acids is 2. The maximum absolute atomic E-state index is 13.1. The lowest BCUT2D eigenvalue weighted by atomic mass is 10.0. The van der Waals surface area contributed by atoms with E-state index < -0.39 is 72.6 Å². The number of rotatable bonds is 16. The Morgan fingerprint density at radius 2 is 1.24 bits per heavy atom. The summed E-state index contributed by atoms with van der Waals surface area (Å²) in [4.78, 5) is 73.3. The van der Waals surface area contributed by atoms with Gasteiger partial charge in [-0.15, -0.1) is 0 Å². The van der Waals surface area contributed by atoms with E-state index >= 15 is 0 Å². The maximum Gasteiger partial charge on any atom is 0.326 e. The average Bonchev–Trinajstić information content (AvgIpc) is 2.91. The van der Waals surface area contributed by atoms with Gasteiger partial charge < -0.3 is 42.7 Å². The minimum Gasteiger partial charge on any atom is -0.508 e. The van der Waals surface area contributed by atoms with Crippen molar-refractivity contribution in [2.75, 3.05) is 0 Å². The summed E-state index contributed by atoms with van der Waals surface area (Å²) in [6.45, 7) is 0. The summed E-state index contributed by atoms with van der Waals surface area (Å²) in [5, 5.41) is 35.0. The third-order valence-corrected chi connectivity index (χ3v) is 5.94. The number of carbonyl (C=O) groups is 6. The van der Waals surface area contributed by atoms with Crippen molar-refractivity contribution in [1.29, 1.82) is 0 Å². The molecule has 0 aliphatic rings. The van der Waals surface area contributed by atoms with Gasteiger partial charge in [0.05, 0.1) is 12.5 Å². The number of aromatic hydroxyl groups is 1. The molecule has 0 radical (unpaired) electrons. The number of nitrogens with one attached hydrogen (secondary N) is 3. The summed E-state index contributed by atoms with van der Waals surface area (Å²) in [5.41, 5.74) is 12.4. The zero-order chi connectivity index (χ0) is 30.5. The highest BCUT2D eigenvalue weighted by Gasteiger charge is 2.31. The first-order valence-electron chi connectivity index (χ1n) is 12.6. The van der Waals surface area contributed by atoms with Gasteiger partial charge in [-0.25, -0.2) is 4.79 Å². The summed E-state index contributed by atoms with van der Waals surface area (Å²) in [6, 6.07) is 8.69. The van der Waals surface area contributed by atoms with E-state index in [1.807, 2.05) is 0 Å². The second kappa shape index (κ2) is 15.6. The molecule has 4 amide bonds. The number of amides is 4. The number of carboxylic acid groups (broad SMARTS) is 2. The number of hydrogen-bond acceptors (Lipinski definition) is 8. The SMILES string of the molecule is NC(=O)CC(NC(=O)C(CCC(=O)O)NC(=O)C(N)Cc1ccc(O)cc1)C(=O)NC(Cc1ccccc1)C(=O)O. The van der Waals surface area contributed by atoms with Crippen molar-refractivity contribution in [2.24, 2.45) is 11.5 Å². The van der Waals surface area contributed by atoms with Crippen LogP contribution in [-0.2, 0) is 41.6 Å². The number of primary amides is 1. The predicted octanol–water partition coefficient (Wildman–Crippen LogP) is -1.22. The molecule has 4 atom stereocenters. The first-order chi connectivity index (χ1) is 19.3. The molecule has 41 heavy (non-hydrogen) atoms. The van der Waals surface area contributed by atoms with Gasteiger partial charge in [0, 0.05) is 12.8 Å². The number of benzene rings is 2. The first-order valence-corrected chi connectivity index (χ1v) is 12.6. The van der Waals surface area contributed by atoms with Crippen LogP contribution in [0, 0.1) is 0 Å². The average molecular weight is 572 g/mol. The third-order valence-electron chi connectivity index (χ3n) is 5.94. The molecule has 0 spiro atoms. The molecule has 14 nitrogen and oxygen atoms in total. The summed E-state index contributed by atoms with van der Waals surface area (Å²) in [6.07, 6.45) is -1.67. The van der Waals surface area contributed by atoms with Crippen molar-refractivity contribution in [3.8, 4) is 5.75 Å². The largest absolute Gasteiger partial charge is 0.508 e. The minimum atomic E-state index is -1.62. The monoisotopic (exact) mass is 571 g/mol. The van der Waals surface area contributed by atoms with E-state index in [0.29, 0.717) is 11.1 Å². The van der Waals surface area contributed by atoms with Crippen LogP contribution in [0.1, 0.15) is 30.4 Å². The van der Waals surface area contributed by atoms with E-state index in [0.717, 1.165) is 0 Å². The first kappa shape index (κ1) is 32.2. The van der Waals surface area contributed by atoms with Gasteiger partial charge in [-0.3, -0.25) is 24.0 Å². The Hall–Kier alpha value is -4.98. The van der Waals surface area contributed by atoms with E-state index in [2.05, 4.69) is 16.0 Å². The molecule has 0 saturated heterocycles. The normalized spacial score (nSPS) is 13.6. The van der Waals surface area contributed by atoms with Crippen molar-refractivity contribution < 1.29 is 44.1 Å². The van der Waals surface area contributed by atoms with Gasteiger partial charge in [0.1, 0.15) is 23.9 Å². The Morgan fingerprint density at radius 3 is 1.80 bits per heavy atom. The van der Waals surface area contributed by atoms with Crippen LogP contribution in [0.2, 0.25) is 0 Å². The summed E-state index contributed by atoms with van der Waals surface area (Å²) >= 11 is 0. The third kappa shape index (κ3) is 11.3. The number of phenols is 1. The van der Waals surface area contributed by atoms with E-state index in [1.54, 1.807) is 42.5 Å². The molecular formula is C27H33N5O9. The summed E-state index contributed by atoms with van der Waals surface area (Å²) in [5.74, 6) is -6.42. The van der Waals surface area contributed by atoms with Crippen LogP contribution in [0.4, 0.5) is 0 Å². The molecule has 0 bridgehead atoms. The van der Waals surface area contributed by atoms with Gasteiger partial charge in [0.2, 0.25) is 23.6 Å². The molecule has 0 aliphatic heterocycles. The fourth-order valence-corrected chi connectivity index (χ4v) is 3.80. The van der Waals surface area contributed by atoms with Crippen molar-refractivity contribution in [1.82, 2.24) is 16.0 Å². The number of nitrogens with two attached hydrogens (primary N) is 2. The molecule has 10 N–H and O–H groups in total. The number of aliphatic carboxylic acids is 2. The summed E-state index contributed by atoms with van der Waals surface area (Å²) in [7, 11) is 0. The smallest absolute Gasteiger partial charge is 0.326 e. The highest BCUT2D eigenvalue weighted by molar-refractivity contribution is 5.96. The molecule has 0 aromatic heterocycles. The molecule has 4 unspecified atom stereocenters. The maximum atomic E-state index is 13.1. The second-order valence-electron chi connectivity index (χ2n) is 9.29. The topological polar surface area (TPSA) is 251 Å². The van der Waals surface area contributed by atoms with Crippen molar-refractivity contribution in [3.05, 3.63) is 65.7 Å². The van der Waals surface area contributed by atoms with Crippen LogP contribution < -0.4 is 27.4 Å². The van der Waals surface area contributed by atoms with Gasteiger partial charge in [-0.1, -0.05) is 42.5 Å². The van der Waals surface area contributed by atoms with E-state index in [1.165, 1.54) is 12.1 Å². The standard InChI is InChI=1S/C27H33N5O9/c28-18(12-16-6-8-17(33)9-7-16)24(37)30-19(10-11-23(35)36)25(38)31-20(14-22(29)34)26(39)32-21(27(40)41)13-15-4-2-1-3-5-15/h1-9,18-21,33H,10-14,28H2,(H2,29,34)(H,30,37)(H,31,38)(H,32,39)(H,35,36)(H,40,41). The molecular weight excluding hydrogens is 538 g/mol. The molecule has 0 saturated carbocycles. The second-order valence-corrected chi connectivity index (χ2v) is 9.29. The zero-order valence-corrected chi connectivity index (χ0v) is 22.0. The van der Waals surface area contributed by atoms with Crippen molar-refractivity contribution in [2.45, 2.75) is 56.3 Å². The van der Waals surface area contributed by atoms with E-state index in [4.69, 9.17) is 16.6 Å². The molecule has 2 aromatic carbocycles. The lowest BCUT2D eigenvalue weighted by Gasteiger charge is -2.24. The number of carbonyl (C=O) groups excluding carboxylic acids is 4.